The molecule has 166 valence electrons. The summed E-state index contributed by atoms with van der Waals surface area (Å²) in [5.74, 6) is -3.65. The summed E-state index contributed by atoms with van der Waals surface area (Å²) in [6.07, 6.45) is 1.07. The van der Waals surface area contributed by atoms with Crippen molar-refractivity contribution in [3.63, 3.8) is 0 Å². The van der Waals surface area contributed by atoms with Crippen LogP contribution in [0.25, 0.3) is 0 Å². The van der Waals surface area contributed by atoms with E-state index >= 15 is 0 Å². The second-order valence-electron chi connectivity index (χ2n) is 7.22. The van der Waals surface area contributed by atoms with Crippen molar-refractivity contribution >= 4 is 17.6 Å². The van der Waals surface area contributed by atoms with Crippen LogP contribution < -0.4 is 0 Å². The molecule has 0 spiro atoms. The molecule has 1 heterocycles. The number of benzene rings is 2. The molecule has 1 aliphatic rings. The van der Waals surface area contributed by atoms with Crippen molar-refractivity contribution < 1.29 is 24.7 Å². The summed E-state index contributed by atoms with van der Waals surface area (Å²) in [7, 11) is 0. The van der Waals surface area contributed by atoms with Crippen molar-refractivity contribution in [2.45, 2.75) is 26.4 Å². The van der Waals surface area contributed by atoms with Crippen LogP contribution in [0.5, 0.6) is 0 Å². The maximum Gasteiger partial charge on any atom is 0.414 e. The number of rotatable bonds is 6. The normalized spacial score (nSPS) is 14.4. The number of aliphatic carboxylic acids is 2. The first-order valence-electron chi connectivity index (χ1n) is 10.0. The summed E-state index contributed by atoms with van der Waals surface area (Å²) in [6, 6.07) is 15.9. The minimum absolute atomic E-state index is 0.223. The highest BCUT2D eigenvalue weighted by atomic mass is 16.6. The molecule has 2 aromatic rings. The van der Waals surface area contributed by atoms with Crippen LogP contribution in [-0.2, 0) is 29.1 Å². The summed E-state index contributed by atoms with van der Waals surface area (Å²) >= 11 is 0. The number of carbonyl (C=O) groups is 2. The predicted octanol–water partition coefficient (Wildman–Crippen LogP) is 2.63. The molecule has 2 aromatic carbocycles. The molecule has 0 saturated carbocycles. The van der Waals surface area contributed by atoms with Gasteiger partial charge in [0.05, 0.1) is 4.92 Å². The summed E-state index contributed by atoms with van der Waals surface area (Å²) in [6.45, 7) is 7.68. The number of para-hydroxylation sites is 1. The quantitative estimate of drug-likeness (QED) is 0.408. The summed E-state index contributed by atoms with van der Waals surface area (Å²) < 4.78 is 0. The van der Waals surface area contributed by atoms with Gasteiger partial charge in [-0.3, -0.25) is 19.9 Å². The van der Waals surface area contributed by atoms with E-state index in [9.17, 15) is 10.1 Å². The molecule has 0 unspecified atom stereocenters. The summed E-state index contributed by atoms with van der Waals surface area (Å²) in [5.41, 5.74) is 3.75. The Balaban J connectivity index is 0.000000501. The molecule has 1 aliphatic heterocycles. The van der Waals surface area contributed by atoms with Gasteiger partial charge >= 0.3 is 11.9 Å². The van der Waals surface area contributed by atoms with Crippen LogP contribution in [0.4, 0.5) is 5.69 Å². The molecule has 3 rings (SSSR count). The van der Waals surface area contributed by atoms with Crippen LogP contribution in [0.3, 0.4) is 0 Å². The zero-order chi connectivity index (χ0) is 22.8. The number of aryl methyl sites for hydroxylation is 1. The third kappa shape index (κ3) is 7.80. The Morgan fingerprint density at radius 1 is 0.871 bits per heavy atom. The molecule has 1 fully saturated rings. The highest BCUT2D eigenvalue weighted by molar-refractivity contribution is 6.27. The Bertz CT molecular complexity index is 880. The fourth-order valence-corrected chi connectivity index (χ4v) is 3.31. The van der Waals surface area contributed by atoms with Gasteiger partial charge in [0.1, 0.15) is 0 Å². The van der Waals surface area contributed by atoms with E-state index in [1.54, 1.807) is 12.1 Å². The molecule has 0 atom stereocenters. The van der Waals surface area contributed by atoms with E-state index in [0.29, 0.717) is 6.54 Å². The van der Waals surface area contributed by atoms with E-state index in [4.69, 9.17) is 19.8 Å². The fraction of sp³-hybridized carbons (Fsp3) is 0.364. The molecule has 0 aromatic heterocycles. The maximum absolute atomic E-state index is 11.1. The van der Waals surface area contributed by atoms with Gasteiger partial charge in [0, 0.05) is 50.9 Å². The van der Waals surface area contributed by atoms with E-state index in [-0.39, 0.29) is 10.6 Å². The second kappa shape index (κ2) is 11.8. The first kappa shape index (κ1) is 24.0. The molecule has 2 N–H and O–H groups in total. The maximum atomic E-state index is 11.1. The van der Waals surface area contributed by atoms with Crippen molar-refractivity contribution in [1.82, 2.24) is 9.80 Å². The number of nitro groups is 1. The zero-order valence-electron chi connectivity index (χ0n) is 17.4. The fourth-order valence-electron chi connectivity index (χ4n) is 3.31. The molecule has 1 saturated heterocycles. The lowest BCUT2D eigenvalue weighted by Crippen LogP contribution is -2.45. The number of nitrogens with zero attached hydrogens (tertiary/aromatic N) is 3. The number of carboxylic acid groups (broad SMARTS) is 2. The van der Waals surface area contributed by atoms with Gasteiger partial charge < -0.3 is 10.2 Å². The van der Waals surface area contributed by atoms with E-state index in [2.05, 4.69) is 41.0 Å². The van der Waals surface area contributed by atoms with Crippen molar-refractivity contribution in [3.8, 4) is 0 Å². The Morgan fingerprint density at radius 3 is 1.84 bits per heavy atom. The average molecular weight is 429 g/mol. The van der Waals surface area contributed by atoms with Crippen molar-refractivity contribution in [3.05, 3.63) is 75.3 Å². The number of carboxylic acids is 2. The summed E-state index contributed by atoms with van der Waals surface area (Å²) in [5, 5.41) is 25.9. The number of piperazine rings is 1. The standard InChI is InChI=1S/C20H25N3O2.C2H2O4/c1-2-17-7-9-18(10-8-17)15-21-11-13-22(14-12-21)16-19-5-3-4-6-20(19)23(24)25;3-1(4)2(5)6/h3-10H,2,11-16H2,1H3;(H,3,4)(H,5,6). The highest BCUT2D eigenvalue weighted by Gasteiger charge is 2.20. The van der Waals surface area contributed by atoms with Crippen molar-refractivity contribution in [2.75, 3.05) is 26.2 Å². The van der Waals surface area contributed by atoms with Crippen LogP contribution in [-0.4, -0.2) is 63.1 Å². The van der Waals surface area contributed by atoms with Gasteiger partial charge in [-0.1, -0.05) is 49.4 Å². The molecule has 0 radical (unpaired) electrons. The smallest absolute Gasteiger partial charge is 0.414 e. The molecule has 0 amide bonds. The minimum Gasteiger partial charge on any atom is -0.473 e. The van der Waals surface area contributed by atoms with Gasteiger partial charge in [-0.2, -0.15) is 0 Å². The second-order valence-corrected chi connectivity index (χ2v) is 7.22. The van der Waals surface area contributed by atoms with Gasteiger partial charge in [0.2, 0.25) is 0 Å². The largest absolute Gasteiger partial charge is 0.473 e. The van der Waals surface area contributed by atoms with Crippen LogP contribution in [0.1, 0.15) is 23.6 Å². The number of hydrogen-bond donors (Lipinski definition) is 2. The van der Waals surface area contributed by atoms with Gasteiger partial charge in [-0.05, 0) is 17.5 Å². The van der Waals surface area contributed by atoms with E-state index < -0.39 is 11.9 Å². The van der Waals surface area contributed by atoms with Crippen LogP contribution in [0, 0.1) is 10.1 Å². The van der Waals surface area contributed by atoms with E-state index in [0.717, 1.165) is 44.7 Å². The Hall–Kier alpha value is -3.30. The van der Waals surface area contributed by atoms with Crippen LogP contribution in [0.2, 0.25) is 0 Å². The molecule has 9 heteroatoms. The Labute approximate surface area is 180 Å². The third-order valence-electron chi connectivity index (χ3n) is 5.07. The topological polar surface area (TPSA) is 124 Å². The van der Waals surface area contributed by atoms with Crippen LogP contribution >= 0.6 is 0 Å². The Kier molecular flexibility index (Phi) is 9.11. The van der Waals surface area contributed by atoms with E-state index in [1.807, 2.05) is 12.1 Å². The first-order valence-corrected chi connectivity index (χ1v) is 10.0. The summed E-state index contributed by atoms with van der Waals surface area (Å²) in [4.78, 5) is 33.8. The predicted molar refractivity (Wildman–Crippen MR) is 115 cm³/mol. The van der Waals surface area contributed by atoms with Crippen LogP contribution in [0.15, 0.2) is 48.5 Å². The van der Waals surface area contributed by atoms with Gasteiger partial charge in [0.25, 0.3) is 5.69 Å². The van der Waals surface area contributed by atoms with Crippen molar-refractivity contribution in [2.24, 2.45) is 0 Å². The molecular formula is C22H27N3O6. The monoisotopic (exact) mass is 429 g/mol. The van der Waals surface area contributed by atoms with Gasteiger partial charge in [0.15, 0.2) is 0 Å². The third-order valence-corrected chi connectivity index (χ3v) is 5.07. The average Bonchev–Trinajstić information content (AvgIpc) is 2.76. The Morgan fingerprint density at radius 2 is 1.35 bits per heavy atom. The molecule has 31 heavy (non-hydrogen) atoms. The minimum atomic E-state index is -1.82. The van der Waals surface area contributed by atoms with Crippen molar-refractivity contribution in [1.29, 1.82) is 0 Å². The van der Waals surface area contributed by atoms with E-state index in [1.165, 1.54) is 11.1 Å². The first-order chi connectivity index (χ1) is 14.8. The highest BCUT2D eigenvalue weighted by Crippen LogP contribution is 2.20. The zero-order valence-corrected chi connectivity index (χ0v) is 17.4. The molecule has 0 aliphatic carbocycles. The molecular weight excluding hydrogens is 402 g/mol. The van der Waals surface area contributed by atoms with Gasteiger partial charge in [-0.25, -0.2) is 9.59 Å². The molecule has 0 bridgehead atoms. The number of hydrogen-bond acceptors (Lipinski definition) is 6. The van der Waals surface area contributed by atoms with Gasteiger partial charge in [-0.15, -0.1) is 0 Å². The lowest BCUT2D eigenvalue weighted by atomic mass is 10.1. The molecule has 9 nitrogen and oxygen atoms in total. The number of nitro benzene ring substituents is 1. The SMILES string of the molecule is CCc1ccc(CN2CCN(Cc3ccccc3[N+](=O)[O-])CC2)cc1.O=C(O)C(=O)O. The lowest BCUT2D eigenvalue weighted by molar-refractivity contribution is -0.385. The lowest BCUT2D eigenvalue weighted by Gasteiger charge is -2.34.